The van der Waals surface area contributed by atoms with E-state index in [9.17, 15) is 0 Å². The maximum absolute atomic E-state index is 6.90. The molecule has 0 bridgehead atoms. The first-order valence-corrected chi connectivity index (χ1v) is 21.2. The van der Waals surface area contributed by atoms with Gasteiger partial charge in [-0.05, 0) is 115 Å². The Morgan fingerprint density at radius 2 is 1.07 bits per heavy atom. The normalized spacial score (nSPS) is 15.2. The highest BCUT2D eigenvalue weighted by molar-refractivity contribution is 6.14. The van der Waals surface area contributed by atoms with Crippen molar-refractivity contribution in [3.05, 3.63) is 161 Å². The van der Waals surface area contributed by atoms with E-state index in [-0.39, 0.29) is 21.7 Å². The van der Waals surface area contributed by atoms with Gasteiger partial charge in [0, 0.05) is 43.9 Å². The lowest BCUT2D eigenvalue weighted by Gasteiger charge is -2.30. The van der Waals surface area contributed by atoms with Crippen LogP contribution in [0.4, 0.5) is 17.1 Å². The van der Waals surface area contributed by atoms with Gasteiger partial charge < -0.3 is 13.7 Å². The number of para-hydroxylation sites is 1. The highest BCUT2D eigenvalue weighted by Crippen LogP contribution is 2.56. The highest BCUT2D eigenvalue weighted by atomic mass is 16.3. The Morgan fingerprint density at radius 3 is 1.80 bits per heavy atom. The topological polar surface area (TPSA) is 29.5 Å². The van der Waals surface area contributed by atoms with Crippen LogP contribution >= 0.6 is 0 Å². The van der Waals surface area contributed by atoms with Gasteiger partial charge in [0.05, 0.1) is 11.1 Å². The molecule has 0 saturated carbocycles. The van der Waals surface area contributed by atoms with Crippen molar-refractivity contribution in [1.29, 1.82) is 0 Å². The highest BCUT2D eigenvalue weighted by Gasteiger charge is 2.40. The molecular weight excluding hydrogens is 719 g/mol. The van der Waals surface area contributed by atoms with Gasteiger partial charge in [0.1, 0.15) is 22.3 Å². The first-order chi connectivity index (χ1) is 28.0. The standard InChI is InChI=1S/C56H51NO2/c1-53(2,3)32-28-40-50-48(59-52(40)44(29-32)54(4,5)6)27-26-38-37-25-23-34(31-43(37)56(9,10)51(38)50)57(45-19-15-21-47-49(45)39-17-12-14-20-46(39)58-47)33-22-24-36-35-16-11-13-18-41(35)55(7,8)42(36)30-33/h11-31H,1-10H3. The van der Waals surface area contributed by atoms with Crippen LogP contribution in [-0.4, -0.2) is 0 Å². The summed E-state index contributed by atoms with van der Waals surface area (Å²) in [5.74, 6) is 0. The zero-order valence-corrected chi connectivity index (χ0v) is 35.9. The van der Waals surface area contributed by atoms with Crippen LogP contribution in [0.25, 0.3) is 66.1 Å². The first kappa shape index (κ1) is 36.1. The molecule has 2 aliphatic rings. The van der Waals surface area contributed by atoms with Crippen molar-refractivity contribution in [3.63, 3.8) is 0 Å². The zero-order chi connectivity index (χ0) is 41.0. The molecule has 2 aliphatic carbocycles. The summed E-state index contributed by atoms with van der Waals surface area (Å²) in [7, 11) is 0. The quantitative estimate of drug-likeness (QED) is 0.179. The van der Waals surface area contributed by atoms with Crippen LogP contribution in [0.1, 0.15) is 103 Å². The van der Waals surface area contributed by atoms with Crippen molar-refractivity contribution in [2.24, 2.45) is 0 Å². The molecule has 0 aliphatic heterocycles. The summed E-state index contributed by atoms with van der Waals surface area (Å²) in [6, 6.07) is 47.3. The van der Waals surface area contributed by atoms with Crippen LogP contribution in [-0.2, 0) is 21.7 Å². The Morgan fingerprint density at radius 1 is 0.458 bits per heavy atom. The Bertz CT molecular complexity index is 3240. The van der Waals surface area contributed by atoms with Crippen molar-refractivity contribution in [2.45, 2.75) is 90.9 Å². The molecule has 59 heavy (non-hydrogen) atoms. The number of fused-ring (bicyclic) bond motifs is 13. The molecule has 0 radical (unpaired) electrons. The third-order valence-corrected chi connectivity index (χ3v) is 13.7. The van der Waals surface area contributed by atoms with Crippen LogP contribution in [0.2, 0.25) is 0 Å². The smallest absolute Gasteiger partial charge is 0.139 e. The van der Waals surface area contributed by atoms with Crippen molar-refractivity contribution in [2.75, 3.05) is 4.90 Å². The fraction of sp³-hybridized carbons (Fsp3) is 0.250. The van der Waals surface area contributed by atoms with E-state index in [0.29, 0.717) is 0 Å². The molecule has 0 spiro atoms. The van der Waals surface area contributed by atoms with E-state index in [1.54, 1.807) is 0 Å². The average molecular weight is 770 g/mol. The minimum Gasteiger partial charge on any atom is -0.456 e. The molecule has 3 nitrogen and oxygen atoms in total. The van der Waals surface area contributed by atoms with Gasteiger partial charge in [-0.25, -0.2) is 0 Å². The molecule has 3 heteroatoms. The maximum atomic E-state index is 6.90. The molecule has 11 rings (SSSR count). The Kier molecular flexibility index (Phi) is 7.20. The van der Waals surface area contributed by atoms with E-state index in [1.165, 1.54) is 66.4 Å². The summed E-state index contributed by atoms with van der Waals surface area (Å²) < 4.78 is 13.4. The van der Waals surface area contributed by atoms with Gasteiger partial charge in [-0.2, -0.15) is 0 Å². The molecular formula is C56H51NO2. The molecule has 0 atom stereocenters. The van der Waals surface area contributed by atoms with Gasteiger partial charge >= 0.3 is 0 Å². The number of benzene rings is 7. The van der Waals surface area contributed by atoms with E-state index in [0.717, 1.165) is 50.2 Å². The molecule has 0 saturated heterocycles. The third kappa shape index (κ3) is 5.00. The molecule has 292 valence electrons. The van der Waals surface area contributed by atoms with Crippen LogP contribution in [0.5, 0.6) is 0 Å². The number of furan rings is 2. The number of rotatable bonds is 3. The van der Waals surface area contributed by atoms with E-state index in [2.05, 4.69) is 202 Å². The van der Waals surface area contributed by atoms with E-state index in [1.807, 2.05) is 0 Å². The Balaban J connectivity index is 1.15. The van der Waals surface area contributed by atoms with Crippen molar-refractivity contribution < 1.29 is 8.83 Å². The fourth-order valence-electron chi connectivity index (χ4n) is 10.6. The SMILES string of the molecule is CC(C)(C)c1cc(C(C)(C)C)c2oc3ccc4c(c3c2c1)C(C)(C)c1cc(N(c2ccc3c(c2)C(C)(C)c2ccccc2-3)c2cccc3oc5ccccc5c23)ccc1-4. The van der Waals surface area contributed by atoms with Crippen LogP contribution in [0.3, 0.4) is 0 Å². The minimum absolute atomic E-state index is 0.00862. The Hall–Kier alpha value is -6.06. The Labute approximate surface area is 347 Å². The largest absolute Gasteiger partial charge is 0.456 e. The second-order valence-corrected chi connectivity index (χ2v) is 20.2. The zero-order valence-electron chi connectivity index (χ0n) is 35.9. The lowest BCUT2D eigenvalue weighted by atomic mass is 9.77. The summed E-state index contributed by atoms with van der Waals surface area (Å²) in [6.45, 7) is 23.4. The van der Waals surface area contributed by atoms with Crippen molar-refractivity contribution in [3.8, 4) is 22.3 Å². The monoisotopic (exact) mass is 769 g/mol. The second kappa shape index (κ2) is 11.8. The lowest BCUT2D eigenvalue weighted by Crippen LogP contribution is -2.18. The summed E-state index contributed by atoms with van der Waals surface area (Å²) in [6.07, 6.45) is 0. The molecule has 2 aromatic heterocycles. The summed E-state index contributed by atoms with van der Waals surface area (Å²) >= 11 is 0. The summed E-state index contributed by atoms with van der Waals surface area (Å²) in [5.41, 5.74) is 19.8. The van der Waals surface area contributed by atoms with Gasteiger partial charge in [0.15, 0.2) is 0 Å². The van der Waals surface area contributed by atoms with Gasteiger partial charge in [-0.3, -0.25) is 0 Å². The fourth-order valence-corrected chi connectivity index (χ4v) is 10.6. The molecule has 0 N–H and O–H groups in total. The first-order valence-electron chi connectivity index (χ1n) is 21.2. The molecule has 0 unspecified atom stereocenters. The van der Waals surface area contributed by atoms with E-state index >= 15 is 0 Å². The predicted molar refractivity (Wildman–Crippen MR) is 248 cm³/mol. The number of anilines is 3. The molecule has 0 amide bonds. The molecule has 2 heterocycles. The van der Waals surface area contributed by atoms with Gasteiger partial charge in [0.2, 0.25) is 0 Å². The summed E-state index contributed by atoms with van der Waals surface area (Å²) in [4.78, 5) is 2.47. The average Bonchev–Trinajstić information content (AvgIpc) is 3.90. The molecule has 9 aromatic rings. The van der Waals surface area contributed by atoms with Crippen molar-refractivity contribution in [1.82, 2.24) is 0 Å². The molecule has 0 fully saturated rings. The van der Waals surface area contributed by atoms with Gasteiger partial charge in [-0.1, -0.05) is 142 Å². The van der Waals surface area contributed by atoms with E-state index < -0.39 is 0 Å². The number of hydrogen-bond donors (Lipinski definition) is 0. The second-order valence-electron chi connectivity index (χ2n) is 20.2. The third-order valence-electron chi connectivity index (χ3n) is 13.7. The maximum Gasteiger partial charge on any atom is 0.139 e. The predicted octanol–water partition coefficient (Wildman–Crippen LogP) is 16.2. The van der Waals surface area contributed by atoms with Gasteiger partial charge in [-0.15, -0.1) is 0 Å². The molecule has 7 aromatic carbocycles. The van der Waals surface area contributed by atoms with Gasteiger partial charge in [0.25, 0.3) is 0 Å². The van der Waals surface area contributed by atoms with Crippen LogP contribution in [0, 0.1) is 0 Å². The minimum atomic E-state index is -0.307. The van der Waals surface area contributed by atoms with Crippen LogP contribution in [0.15, 0.2) is 136 Å². The van der Waals surface area contributed by atoms with Crippen molar-refractivity contribution >= 4 is 60.9 Å². The number of nitrogens with zero attached hydrogens (tertiary/aromatic N) is 1. The number of hydrogen-bond acceptors (Lipinski definition) is 3. The van der Waals surface area contributed by atoms with Crippen LogP contribution < -0.4 is 4.90 Å². The lowest BCUT2D eigenvalue weighted by molar-refractivity contribution is 0.559. The van der Waals surface area contributed by atoms with E-state index in [4.69, 9.17) is 8.83 Å². The summed E-state index contributed by atoms with van der Waals surface area (Å²) in [5, 5.41) is 4.69.